The summed E-state index contributed by atoms with van der Waals surface area (Å²) >= 11 is 0. The van der Waals surface area contributed by atoms with Gasteiger partial charge in [0.15, 0.2) is 0 Å². The van der Waals surface area contributed by atoms with Crippen molar-refractivity contribution in [2.24, 2.45) is 0 Å². The van der Waals surface area contributed by atoms with Gasteiger partial charge in [-0.3, -0.25) is 0 Å². The van der Waals surface area contributed by atoms with Gasteiger partial charge in [-0.2, -0.15) is 0 Å². The molecule has 1 heterocycles. The third-order valence-corrected chi connectivity index (χ3v) is 3.66. The van der Waals surface area contributed by atoms with Crippen LogP contribution in [0.3, 0.4) is 0 Å². The third-order valence-electron chi connectivity index (χ3n) is 3.66. The zero-order chi connectivity index (χ0) is 14.9. The molecule has 0 bridgehead atoms. The van der Waals surface area contributed by atoms with Gasteiger partial charge in [0, 0.05) is 11.5 Å². The number of aryl methyl sites for hydroxylation is 1. The molecular formula is C17H21N3. The van der Waals surface area contributed by atoms with E-state index < -0.39 is 0 Å². The molecular weight excluding hydrogens is 246 g/mol. The van der Waals surface area contributed by atoms with Crippen molar-refractivity contribution in [3.8, 4) is 23.6 Å². The Balaban J connectivity index is 2.67. The monoisotopic (exact) mass is 267 g/mol. The minimum absolute atomic E-state index is 0.282. The molecule has 3 nitrogen and oxygen atoms in total. The highest BCUT2D eigenvalue weighted by atomic mass is 15.1. The molecule has 1 aromatic carbocycles. The van der Waals surface area contributed by atoms with Crippen molar-refractivity contribution in [1.29, 1.82) is 0 Å². The van der Waals surface area contributed by atoms with Crippen LogP contribution in [0.15, 0.2) is 18.2 Å². The van der Waals surface area contributed by atoms with Gasteiger partial charge < -0.3 is 10.3 Å². The van der Waals surface area contributed by atoms with Gasteiger partial charge in [0.05, 0.1) is 6.54 Å². The first-order valence-electron chi connectivity index (χ1n) is 6.83. The molecule has 0 aliphatic heterocycles. The Hall–Kier alpha value is -2.21. The van der Waals surface area contributed by atoms with E-state index in [1.807, 2.05) is 10.6 Å². The lowest BCUT2D eigenvalue weighted by molar-refractivity contribution is 0.691. The van der Waals surface area contributed by atoms with Crippen LogP contribution in [-0.4, -0.2) is 9.55 Å². The molecule has 0 aliphatic carbocycles. The molecule has 104 valence electrons. The fraction of sp³-hybridized carbons (Fsp3) is 0.353. The molecule has 1 aromatic heterocycles. The molecule has 0 atom stereocenters. The molecule has 0 saturated heterocycles. The Morgan fingerprint density at radius 1 is 1.35 bits per heavy atom. The van der Waals surface area contributed by atoms with E-state index in [9.17, 15) is 0 Å². The summed E-state index contributed by atoms with van der Waals surface area (Å²) in [7, 11) is 0. The molecule has 0 saturated carbocycles. The molecule has 2 aromatic rings. The maximum Gasteiger partial charge on any atom is 0.132 e. The smallest absolute Gasteiger partial charge is 0.132 e. The van der Waals surface area contributed by atoms with Gasteiger partial charge >= 0.3 is 0 Å². The SMILES string of the molecule is C#CCn1c(C(C)C)nc(-c2cccc(C)c2C)c1N. The Morgan fingerprint density at radius 3 is 2.65 bits per heavy atom. The lowest BCUT2D eigenvalue weighted by atomic mass is 10.0. The second-order valence-corrected chi connectivity index (χ2v) is 5.40. The van der Waals surface area contributed by atoms with Crippen molar-refractivity contribution in [1.82, 2.24) is 9.55 Å². The number of nitrogens with two attached hydrogens (primary N) is 1. The lowest BCUT2D eigenvalue weighted by Gasteiger charge is -2.08. The van der Waals surface area contributed by atoms with Crippen LogP contribution in [0.5, 0.6) is 0 Å². The highest BCUT2D eigenvalue weighted by Gasteiger charge is 2.19. The number of imidazole rings is 1. The van der Waals surface area contributed by atoms with Crippen LogP contribution in [-0.2, 0) is 6.54 Å². The van der Waals surface area contributed by atoms with Gasteiger partial charge in [0.2, 0.25) is 0 Å². The van der Waals surface area contributed by atoms with Gasteiger partial charge in [-0.25, -0.2) is 4.98 Å². The van der Waals surface area contributed by atoms with Crippen LogP contribution in [0.4, 0.5) is 5.82 Å². The van der Waals surface area contributed by atoms with Crippen LogP contribution in [0, 0.1) is 26.2 Å². The van der Waals surface area contributed by atoms with Gasteiger partial charge in [-0.1, -0.05) is 38.0 Å². The number of nitrogen functional groups attached to an aromatic ring is 1. The lowest BCUT2D eigenvalue weighted by Crippen LogP contribution is -2.07. The van der Waals surface area contributed by atoms with Crippen LogP contribution in [0.25, 0.3) is 11.3 Å². The molecule has 0 aliphatic rings. The van der Waals surface area contributed by atoms with E-state index in [1.165, 1.54) is 11.1 Å². The highest BCUT2D eigenvalue weighted by molar-refractivity contribution is 5.74. The minimum atomic E-state index is 0.282. The minimum Gasteiger partial charge on any atom is -0.383 e. The quantitative estimate of drug-likeness (QED) is 0.865. The van der Waals surface area contributed by atoms with E-state index in [0.717, 1.165) is 17.1 Å². The Morgan fingerprint density at radius 2 is 2.05 bits per heavy atom. The van der Waals surface area contributed by atoms with Crippen LogP contribution in [0.2, 0.25) is 0 Å². The number of hydrogen-bond donors (Lipinski definition) is 1. The van der Waals surface area contributed by atoms with Crippen molar-refractivity contribution in [2.45, 2.75) is 40.2 Å². The fourth-order valence-electron chi connectivity index (χ4n) is 2.39. The van der Waals surface area contributed by atoms with Gasteiger partial charge in [0.25, 0.3) is 0 Å². The maximum atomic E-state index is 6.28. The van der Waals surface area contributed by atoms with E-state index in [1.54, 1.807) is 0 Å². The number of anilines is 1. The summed E-state index contributed by atoms with van der Waals surface area (Å²) in [5.41, 5.74) is 10.6. The molecule has 0 spiro atoms. The first-order valence-corrected chi connectivity index (χ1v) is 6.83. The van der Waals surface area contributed by atoms with E-state index in [2.05, 4.69) is 45.7 Å². The Labute approximate surface area is 120 Å². The third kappa shape index (κ3) is 2.30. The van der Waals surface area contributed by atoms with Crippen molar-refractivity contribution < 1.29 is 0 Å². The van der Waals surface area contributed by atoms with E-state index in [0.29, 0.717) is 12.4 Å². The zero-order valence-electron chi connectivity index (χ0n) is 12.6. The molecule has 2 rings (SSSR count). The first-order chi connectivity index (χ1) is 9.47. The topological polar surface area (TPSA) is 43.8 Å². The molecule has 0 amide bonds. The summed E-state index contributed by atoms with van der Waals surface area (Å²) in [6.45, 7) is 8.84. The molecule has 20 heavy (non-hydrogen) atoms. The maximum absolute atomic E-state index is 6.28. The summed E-state index contributed by atoms with van der Waals surface area (Å²) in [5.74, 6) is 4.53. The molecule has 0 unspecified atom stereocenters. The largest absolute Gasteiger partial charge is 0.383 e. The molecule has 0 radical (unpaired) electrons. The number of rotatable bonds is 3. The molecule has 0 fully saturated rings. The van der Waals surface area contributed by atoms with Crippen LogP contribution >= 0.6 is 0 Å². The summed E-state index contributed by atoms with van der Waals surface area (Å²) in [4.78, 5) is 4.74. The number of aromatic nitrogens is 2. The number of nitrogens with zero attached hydrogens (tertiary/aromatic N) is 2. The van der Waals surface area contributed by atoms with E-state index in [4.69, 9.17) is 17.1 Å². The van der Waals surface area contributed by atoms with Crippen molar-refractivity contribution in [2.75, 3.05) is 5.73 Å². The summed E-state index contributed by atoms with van der Waals surface area (Å²) in [6.07, 6.45) is 5.45. The summed E-state index contributed by atoms with van der Waals surface area (Å²) in [6, 6.07) is 6.19. The van der Waals surface area contributed by atoms with E-state index >= 15 is 0 Å². The van der Waals surface area contributed by atoms with Crippen LogP contribution < -0.4 is 5.73 Å². The number of terminal acetylenes is 1. The van der Waals surface area contributed by atoms with Gasteiger partial charge in [-0.15, -0.1) is 6.42 Å². The van der Waals surface area contributed by atoms with Crippen molar-refractivity contribution >= 4 is 5.82 Å². The van der Waals surface area contributed by atoms with E-state index in [-0.39, 0.29) is 5.92 Å². The number of hydrogen-bond acceptors (Lipinski definition) is 2. The van der Waals surface area contributed by atoms with Crippen molar-refractivity contribution in [3.05, 3.63) is 35.2 Å². The second-order valence-electron chi connectivity index (χ2n) is 5.40. The molecule has 2 N–H and O–H groups in total. The average molecular weight is 267 g/mol. The summed E-state index contributed by atoms with van der Waals surface area (Å²) in [5, 5.41) is 0. The normalized spacial score (nSPS) is 10.8. The van der Waals surface area contributed by atoms with Gasteiger partial charge in [0.1, 0.15) is 17.3 Å². The second kappa shape index (κ2) is 5.42. The molecule has 3 heteroatoms. The Bertz CT molecular complexity index is 672. The van der Waals surface area contributed by atoms with Crippen LogP contribution in [0.1, 0.15) is 36.7 Å². The number of benzene rings is 1. The highest BCUT2D eigenvalue weighted by Crippen LogP contribution is 2.32. The predicted molar refractivity (Wildman–Crippen MR) is 84.5 cm³/mol. The van der Waals surface area contributed by atoms with Gasteiger partial charge in [-0.05, 0) is 25.0 Å². The fourth-order valence-corrected chi connectivity index (χ4v) is 2.39. The average Bonchev–Trinajstić information content (AvgIpc) is 2.72. The summed E-state index contributed by atoms with van der Waals surface area (Å²) < 4.78 is 1.93. The predicted octanol–water partition coefficient (Wildman–Crippen LogP) is 3.51. The standard InChI is InChI=1S/C17H21N3/c1-6-10-20-16(18)15(19-17(20)11(2)3)14-9-7-8-12(4)13(14)5/h1,7-9,11H,10,18H2,2-5H3. The van der Waals surface area contributed by atoms with Crippen molar-refractivity contribution in [3.63, 3.8) is 0 Å². The first kappa shape index (κ1) is 14.2. The zero-order valence-corrected chi connectivity index (χ0v) is 12.6. The Kier molecular flexibility index (Phi) is 3.85.